The van der Waals surface area contributed by atoms with Gasteiger partial charge in [0.15, 0.2) is 0 Å². The first-order valence-corrected chi connectivity index (χ1v) is 12.9. The van der Waals surface area contributed by atoms with Gasteiger partial charge in [-0.1, -0.05) is 42.5 Å². The highest BCUT2D eigenvalue weighted by molar-refractivity contribution is 7.10. The van der Waals surface area contributed by atoms with Crippen LogP contribution >= 0.6 is 11.3 Å². The predicted molar refractivity (Wildman–Crippen MR) is 139 cm³/mol. The molecule has 0 aliphatic heterocycles. The van der Waals surface area contributed by atoms with Gasteiger partial charge in [-0.15, -0.1) is 21.5 Å². The van der Waals surface area contributed by atoms with Crippen LogP contribution in [0.25, 0.3) is 10.8 Å². The number of benzene rings is 2. The van der Waals surface area contributed by atoms with Gasteiger partial charge < -0.3 is 29.1 Å². The van der Waals surface area contributed by atoms with E-state index in [1.54, 1.807) is 11.3 Å². The molecule has 0 radical (unpaired) electrons. The van der Waals surface area contributed by atoms with E-state index in [-0.39, 0.29) is 38.4 Å². The third kappa shape index (κ3) is 9.52. The molecule has 38 heavy (non-hydrogen) atoms. The highest BCUT2D eigenvalue weighted by Crippen LogP contribution is 2.33. The van der Waals surface area contributed by atoms with Crippen molar-refractivity contribution in [1.82, 2.24) is 5.32 Å². The topological polar surface area (TPSA) is 135 Å². The van der Waals surface area contributed by atoms with Crippen molar-refractivity contribution in [2.24, 2.45) is 0 Å². The van der Waals surface area contributed by atoms with Crippen LogP contribution in [0.5, 0.6) is 5.75 Å². The third-order valence-corrected chi connectivity index (χ3v) is 6.22. The first-order valence-electron chi connectivity index (χ1n) is 12.0. The summed E-state index contributed by atoms with van der Waals surface area (Å²) >= 11 is 1.57. The molecule has 0 bridgehead atoms. The van der Waals surface area contributed by atoms with Crippen molar-refractivity contribution in [3.8, 4) is 5.75 Å². The van der Waals surface area contributed by atoms with Crippen LogP contribution in [0.4, 0.5) is 4.79 Å². The van der Waals surface area contributed by atoms with Crippen molar-refractivity contribution in [3.05, 3.63) is 75.0 Å². The Hall–Kier alpha value is -3.90. The zero-order valence-electron chi connectivity index (χ0n) is 21.1. The Labute approximate surface area is 223 Å². The molecule has 3 atom stereocenters. The summed E-state index contributed by atoms with van der Waals surface area (Å²) in [5, 5.41) is 15.9. The summed E-state index contributed by atoms with van der Waals surface area (Å²) in [4.78, 5) is 39.4. The number of nitrogens with zero attached hydrogens (tertiary/aromatic N) is 1. The van der Waals surface area contributed by atoms with Gasteiger partial charge in [-0.05, 0) is 29.8 Å². The molecule has 204 valence electrons. The number of thiophene rings is 1. The fourth-order valence-electron chi connectivity index (χ4n) is 3.61. The number of rotatable bonds is 15. The van der Waals surface area contributed by atoms with Gasteiger partial charge in [-0.3, -0.25) is 4.79 Å². The lowest BCUT2D eigenvalue weighted by atomic mass is 10.1. The fraction of sp³-hybridized carbons (Fsp3) is 0.385. The minimum absolute atomic E-state index is 0.0172. The second-order valence-corrected chi connectivity index (χ2v) is 9.24. The molecule has 1 heterocycles. The molecule has 1 aromatic heterocycles. The Morgan fingerprint density at radius 2 is 1.79 bits per heavy atom. The van der Waals surface area contributed by atoms with Gasteiger partial charge in [-0.2, -0.15) is 0 Å². The normalized spacial score (nSPS) is 13.2. The van der Waals surface area contributed by atoms with Crippen molar-refractivity contribution in [2.75, 3.05) is 19.8 Å². The largest absolute Gasteiger partial charge is 0.484 e. The number of nitrogens with one attached hydrogen (secondary N) is 1. The van der Waals surface area contributed by atoms with E-state index in [2.05, 4.69) is 10.2 Å². The van der Waals surface area contributed by atoms with Crippen LogP contribution in [0, 0.1) is 10.1 Å². The molecular weight excluding hydrogens is 516 g/mol. The van der Waals surface area contributed by atoms with Gasteiger partial charge >= 0.3 is 12.1 Å². The monoisotopic (exact) mass is 546 g/mol. The van der Waals surface area contributed by atoms with Gasteiger partial charge in [0.1, 0.15) is 18.5 Å². The lowest BCUT2D eigenvalue weighted by Gasteiger charge is -2.23. The van der Waals surface area contributed by atoms with E-state index in [1.807, 2.05) is 66.9 Å². The summed E-state index contributed by atoms with van der Waals surface area (Å²) in [6.45, 7) is 2.96. The summed E-state index contributed by atoms with van der Waals surface area (Å²) in [5.41, 5.74) is 0. The van der Waals surface area contributed by atoms with E-state index in [0.29, 0.717) is 6.42 Å². The van der Waals surface area contributed by atoms with Crippen LogP contribution < -0.4 is 10.1 Å². The Balaban J connectivity index is 1.46. The number of ether oxygens (including phenoxy) is 4. The number of alkyl carbamates (subject to hydrolysis) is 1. The molecule has 0 saturated heterocycles. The van der Waals surface area contributed by atoms with Gasteiger partial charge in [-0.25, -0.2) is 4.79 Å². The number of hydrogen-bond acceptors (Lipinski definition) is 10. The zero-order valence-corrected chi connectivity index (χ0v) is 21.9. The van der Waals surface area contributed by atoms with E-state index in [0.717, 1.165) is 21.4 Å². The first kappa shape index (κ1) is 28.7. The predicted octanol–water partition coefficient (Wildman–Crippen LogP) is 5.03. The number of carbonyl (C=O) groups excluding carboxylic acids is 2. The maximum atomic E-state index is 12.4. The summed E-state index contributed by atoms with van der Waals surface area (Å²) in [5.74, 6) is 0.112. The molecule has 11 nitrogen and oxygen atoms in total. The zero-order chi connectivity index (χ0) is 27.3. The number of hydrogen-bond donors (Lipinski definition) is 1. The summed E-state index contributed by atoms with van der Waals surface area (Å²) in [6, 6.07) is 17.5. The smallest absolute Gasteiger partial charge is 0.410 e. The molecule has 2 aromatic carbocycles. The molecular formula is C26H30N2O9S. The van der Waals surface area contributed by atoms with Crippen molar-refractivity contribution in [2.45, 2.75) is 45.1 Å². The van der Waals surface area contributed by atoms with E-state index in [1.165, 1.54) is 6.92 Å². The summed E-state index contributed by atoms with van der Waals surface area (Å²) in [6.07, 6.45) is -1.79. The quantitative estimate of drug-likeness (QED) is 0.0915. The van der Waals surface area contributed by atoms with Crippen LogP contribution in [-0.2, 0) is 23.8 Å². The molecule has 3 aromatic rings. The number of amides is 1. The van der Waals surface area contributed by atoms with E-state index < -0.39 is 23.4 Å². The lowest BCUT2D eigenvalue weighted by molar-refractivity contribution is -0.758. The fourth-order valence-corrected chi connectivity index (χ4v) is 4.38. The molecule has 0 aliphatic carbocycles. The molecule has 1 amide bonds. The van der Waals surface area contributed by atoms with Gasteiger partial charge in [0, 0.05) is 29.6 Å². The second-order valence-electron chi connectivity index (χ2n) is 8.26. The Morgan fingerprint density at radius 3 is 2.55 bits per heavy atom. The molecule has 2 unspecified atom stereocenters. The number of carbonyl (C=O) groups is 2. The maximum absolute atomic E-state index is 12.4. The number of fused-ring (bicyclic) bond motifs is 1. The molecule has 0 spiro atoms. The molecule has 1 N–H and O–H groups in total. The summed E-state index contributed by atoms with van der Waals surface area (Å²) < 4.78 is 21.7. The molecule has 0 aliphatic rings. The van der Waals surface area contributed by atoms with Crippen molar-refractivity contribution >= 4 is 34.2 Å². The Bertz CT molecular complexity index is 1180. The standard InChI is InChI=1S/C26H30N2O9S/c1-18(27-26(30)36-19(2)35-25(29)12-13-33-14-15-34-28(31)32)17-23(24-11-6-16-38-24)37-22-10-5-8-20-7-3-4-9-21(20)22/h3-11,16,18-19,23H,12-15,17H2,1-2H3,(H,27,30)/t18?,19?,23-/m0/s1. The van der Waals surface area contributed by atoms with Gasteiger partial charge in [0.05, 0.1) is 19.6 Å². The van der Waals surface area contributed by atoms with Crippen molar-refractivity contribution in [3.63, 3.8) is 0 Å². The molecule has 3 rings (SSSR count). The minimum atomic E-state index is -1.12. The SMILES string of the molecule is CC(C[C@H](Oc1cccc2ccccc12)c1cccs1)NC(=O)OC(C)OC(=O)CCOCCO[N+](=O)[O-]. The van der Waals surface area contributed by atoms with Crippen LogP contribution in [0.2, 0.25) is 0 Å². The average molecular weight is 547 g/mol. The minimum Gasteiger partial charge on any atom is -0.484 e. The van der Waals surface area contributed by atoms with E-state index in [4.69, 9.17) is 18.9 Å². The molecule has 0 fully saturated rings. The maximum Gasteiger partial charge on any atom is 0.410 e. The third-order valence-electron chi connectivity index (χ3n) is 5.26. The molecule has 12 heteroatoms. The van der Waals surface area contributed by atoms with E-state index in [9.17, 15) is 19.7 Å². The first-order chi connectivity index (χ1) is 18.3. The van der Waals surface area contributed by atoms with Crippen molar-refractivity contribution in [1.29, 1.82) is 0 Å². The van der Waals surface area contributed by atoms with Gasteiger partial charge in [0.25, 0.3) is 5.09 Å². The van der Waals surface area contributed by atoms with E-state index >= 15 is 0 Å². The van der Waals surface area contributed by atoms with Crippen molar-refractivity contribution < 1.29 is 38.5 Å². The second kappa shape index (κ2) is 14.7. The van der Waals surface area contributed by atoms with Crippen LogP contribution in [0.1, 0.15) is 37.7 Å². The Kier molecular flexibility index (Phi) is 11.1. The lowest BCUT2D eigenvalue weighted by Crippen LogP contribution is -2.37. The van der Waals surface area contributed by atoms with Crippen LogP contribution in [0.3, 0.4) is 0 Å². The molecule has 0 saturated carbocycles. The Morgan fingerprint density at radius 1 is 1.00 bits per heavy atom. The highest BCUT2D eigenvalue weighted by atomic mass is 32.1. The van der Waals surface area contributed by atoms with Crippen LogP contribution in [0.15, 0.2) is 60.0 Å². The summed E-state index contributed by atoms with van der Waals surface area (Å²) in [7, 11) is 0. The highest BCUT2D eigenvalue weighted by Gasteiger charge is 2.22. The van der Waals surface area contributed by atoms with Gasteiger partial charge in [0.2, 0.25) is 6.29 Å². The average Bonchev–Trinajstić information content (AvgIpc) is 3.40. The van der Waals surface area contributed by atoms with Crippen LogP contribution in [-0.4, -0.2) is 49.3 Å². The number of esters is 1.